The first-order chi connectivity index (χ1) is 11.2. The number of amides is 1. The Morgan fingerprint density at radius 3 is 2.91 bits per heavy atom. The van der Waals surface area contributed by atoms with Crippen LogP contribution in [-0.4, -0.2) is 29.7 Å². The van der Waals surface area contributed by atoms with Crippen LogP contribution in [0, 0.1) is 0 Å². The zero-order chi connectivity index (χ0) is 16.2. The predicted molar refractivity (Wildman–Crippen MR) is 89.0 cm³/mol. The predicted octanol–water partition coefficient (Wildman–Crippen LogP) is 2.85. The first-order valence-corrected chi connectivity index (χ1v) is 7.39. The highest BCUT2D eigenvalue weighted by Crippen LogP contribution is 2.23. The first-order valence-electron chi connectivity index (χ1n) is 7.39. The van der Waals surface area contributed by atoms with Crippen molar-refractivity contribution in [2.24, 2.45) is 0 Å². The Bertz CT molecular complexity index is 839. The fraction of sp³-hybridized carbons (Fsp3) is 0.167. The molecule has 2 aromatic carbocycles. The molecule has 0 spiro atoms. The molecule has 5 heteroatoms. The van der Waals surface area contributed by atoms with Crippen molar-refractivity contribution in [2.75, 3.05) is 13.7 Å². The lowest BCUT2D eigenvalue weighted by Crippen LogP contribution is -2.25. The van der Waals surface area contributed by atoms with Crippen LogP contribution in [0.5, 0.6) is 11.5 Å². The van der Waals surface area contributed by atoms with Crippen molar-refractivity contribution < 1.29 is 14.6 Å². The molecule has 23 heavy (non-hydrogen) atoms. The molecule has 118 valence electrons. The van der Waals surface area contributed by atoms with Gasteiger partial charge in [-0.2, -0.15) is 0 Å². The summed E-state index contributed by atoms with van der Waals surface area (Å²) < 4.78 is 5.08. The van der Waals surface area contributed by atoms with Gasteiger partial charge in [0.1, 0.15) is 11.5 Å². The first kappa shape index (κ1) is 15.0. The van der Waals surface area contributed by atoms with Crippen molar-refractivity contribution in [1.29, 1.82) is 0 Å². The van der Waals surface area contributed by atoms with Crippen LogP contribution in [0.3, 0.4) is 0 Å². The van der Waals surface area contributed by atoms with Crippen LogP contribution < -0.4 is 10.1 Å². The Balaban J connectivity index is 1.65. The maximum absolute atomic E-state index is 12.2. The van der Waals surface area contributed by atoms with Crippen LogP contribution in [0.4, 0.5) is 0 Å². The maximum atomic E-state index is 12.2. The number of nitrogens with one attached hydrogen (secondary N) is 2. The topological polar surface area (TPSA) is 74.3 Å². The summed E-state index contributed by atoms with van der Waals surface area (Å²) in [5.74, 6) is 0.154. The second-order valence-electron chi connectivity index (χ2n) is 5.25. The molecule has 0 saturated carbocycles. The molecular weight excluding hydrogens is 292 g/mol. The highest BCUT2D eigenvalue weighted by molar-refractivity contribution is 5.97. The van der Waals surface area contributed by atoms with Gasteiger partial charge in [0, 0.05) is 23.6 Å². The summed E-state index contributed by atoms with van der Waals surface area (Å²) in [4.78, 5) is 15.4. The standard InChI is InChI=1S/C18H18N2O3/c1-23-13-6-7-17(21)15(10-13)18(22)19-9-8-12-11-20-16-5-3-2-4-14(12)16/h2-7,10-11,20-21H,8-9H2,1H3,(H,19,22). The van der Waals surface area contributed by atoms with E-state index in [2.05, 4.69) is 16.4 Å². The number of benzene rings is 2. The number of methoxy groups -OCH3 is 1. The van der Waals surface area contributed by atoms with Crippen LogP contribution in [0.15, 0.2) is 48.7 Å². The Labute approximate surface area is 133 Å². The van der Waals surface area contributed by atoms with Crippen LogP contribution >= 0.6 is 0 Å². The van der Waals surface area contributed by atoms with Crippen molar-refractivity contribution >= 4 is 16.8 Å². The smallest absolute Gasteiger partial charge is 0.255 e. The maximum Gasteiger partial charge on any atom is 0.255 e. The number of phenolic OH excluding ortho intramolecular Hbond substituents is 1. The molecule has 3 rings (SSSR count). The molecule has 0 atom stereocenters. The van der Waals surface area contributed by atoms with Gasteiger partial charge in [-0.05, 0) is 36.2 Å². The molecule has 0 radical (unpaired) electrons. The summed E-state index contributed by atoms with van der Waals surface area (Å²) in [5.41, 5.74) is 2.44. The molecule has 1 heterocycles. The molecule has 1 amide bonds. The molecule has 5 nitrogen and oxygen atoms in total. The van der Waals surface area contributed by atoms with Gasteiger partial charge < -0.3 is 20.1 Å². The highest BCUT2D eigenvalue weighted by atomic mass is 16.5. The molecule has 1 aromatic heterocycles. The number of rotatable bonds is 5. The van der Waals surface area contributed by atoms with E-state index in [9.17, 15) is 9.90 Å². The number of fused-ring (bicyclic) bond motifs is 1. The van der Waals surface area contributed by atoms with E-state index in [0.29, 0.717) is 18.7 Å². The van der Waals surface area contributed by atoms with Gasteiger partial charge in [0.25, 0.3) is 5.91 Å². The van der Waals surface area contributed by atoms with Gasteiger partial charge in [-0.1, -0.05) is 18.2 Å². The van der Waals surface area contributed by atoms with Crippen LogP contribution in [0.2, 0.25) is 0 Å². The SMILES string of the molecule is COc1ccc(O)c(C(=O)NCCc2c[nH]c3ccccc23)c1. The number of aromatic nitrogens is 1. The number of hydrogen-bond acceptors (Lipinski definition) is 3. The van der Waals surface area contributed by atoms with Gasteiger partial charge in [-0.15, -0.1) is 0 Å². The summed E-state index contributed by atoms with van der Waals surface area (Å²) in [5, 5.41) is 13.8. The van der Waals surface area contributed by atoms with Crippen molar-refractivity contribution in [2.45, 2.75) is 6.42 Å². The Morgan fingerprint density at radius 1 is 1.26 bits per heavy atom. The molecule has 0 unspecified atom stereocenters. The number of hydrogen-bond donors (Lipinski definition) is 3. The average Bonchev–Trinajstić information content (AvgIpc) is 2.98. The molecular formula is C18H18N2O3. The second-order valence-corrected chi connectivity index (χ2v) is 5.25. The van der Waals surface area contributed by atoms with Crippen molar-refractivity contribution in [3.05, 3.63) is 59.8 Å². The lowest BCUT2D eigenvalue weighted by molar-refractivity contribution is 0.0951. The third kappa shape index (κ3) is 3.13. The molecule has 0 aliphatic carbocycles. The number of aromatic amines is 1. The number of H-pyrrole nitrogens is 1. The average molecular weight is 310 g/mol. The van der Waals surface area contributed by atoms with E-state index in [1.807, 2.05) is 24.4 Å². The number of aromatic hydroxyl groups is 1. The third-order valence-electron chi connectivity index (χ3n) is 3.80. The molecule has 3 N–H and O–H groups in total. The molecule has 0 saturated heterocycles. The van der Waals surface area contributed by atoms with Crippen LogP contribution in [-0.2, 0) is 6.42 Å². The quantitative estimate of drug-likeness (QED) is 0.678. The van der Waals surface area contributed by atoms with Crippen LogP contribution in [0.1, 0.15) is 15.9 Å². The van der Waals surface area contributed by atoms with E-state index in [4.69, 9.17) is 4.74 Å². The zero-order valence-corrected chi connectivity index (χ0v) is 12.8. The fourth-order valence-corrected chi connectivity index (χ4v) is 2.57. The number of ether oxygens (including phenoxy) is 1. The Kier molecular flexibility index (Phi) is 4.19. The molecule has 0 aliphatic heterocycles. The monoisotopic (exact) mass is 310 g/mol. The van der Waals surface area contributed by atoms with E-state index in [0.717, 1.165) is 16.5 Å². The number of phenols is 1. The van der Waals surface area contributed by atoms with Gasteiger partial charge >= 0.3 is 0 Å². The third-order valence-corrected chi connectivity index (χ3v) is 3.80. The van der Waals surface area contributed by atoms with E-state index in [-0.39, 0.29) is 17.2 Å². The second kappa shape index (κ2) is 6.44. The van der Waals surface area contributed by atoms with Gasteiger partial charge in [0.2, 0.25) is 0 Å². The Morgan fingerprint density at radius 2 is 2.09 bits per heavy atom. The summed E-state index contributed by atoms with van der Waals surface area (Å²) in [6.45, 7) is 0.483. The minimum absolute atomic E-state index is 0.0598. The minimum atomic E-state index is -0.318. The van der Waals surface area contributed by atoms with Gasteiger partial charge in [0.15, 0.2) is 0 Å². The van der Waals surface area contributed by atoms with E-state index in [1.165, 1.54) is 19.2 Å². The zero-order valence-electron chi connectivity index (χ0n) is 12.8. The van der Waals surface area contributed by atoms with Gasteiger partial charge in [0.05, 0.1) is 12.7 Å². The van der Waals surface area contributed by atoms with Crippen molar-refractivity contribution in [3.8, 4) is 11.5 Å². The summed E-state index contributed by atoms with van der Waals surface area (Å²) in [6.07, 6.45) is 2.67. The van der Waals surface area contributed by atoms with E-state index < -0.39 is 0 Å². The number of carbonyl (C=O) groups is 1. The number of carbonyl (C=O) groups excluding carboxylic acids is 1. The highest BCUT2D eigenvalue weighted by Gasteiger charge is 2.12. The lowest BCUT2D eigenvalue weighted by Gasteiger charge is -2.08. The Hall–Kier alpha value is -2.95. The van der Waals surface area contributed by atoms with Crippen molar-refractivity contribution in [1.82, 2.24) is 10.3 Å². The largest absolute Gasteiger partial charge is 0.507 e. The van der Waals surface area contributed by atoms with Gasteiger partial charge in [-0.25, -0.2) is 0 Å². The lowest BCUT2D eigenvalue weighted by atomic mass is 10.1. The molecule has 3 aromatic rings. The van der Waals surface area contributed by atoms with E-state index >= 15 is 0 Å². The summed E-state index contributed by atoms with van der Waals surface area (Å²) in [6, 6.07) is 12.6. The number of para-hydroxylation sites is 1. The molecule has 0 aliphatic rings. The fourth-order valence-electron chi connectivity index (χ4n) is 2.57. The van der Waals surface area contributed by atoms with Crippen LogP contribution in [0.25, 0.3) is 10.9 Å². The molecule has 0 bridgehead atoms. The summed E-state index contributed by atoms with van der Waals surface area (Å²) in [7, 11) is 1.52. The summed E-state index contributed by atoms with van der Waals surface area (Å²) >= 11 is 0. The minimum Gasteiger partial charge on any atom is -0.507 e. The van der Waals surface area contributed by atoms with Gasteiger partial charge in [-0.3, -0.25) is 4.79 Å². The van der Waals surface area contributed by atoms with Crippen molar-refractivity contribution in [3.63, 3.8) is 0 Å². The molecule has 0 fully saturated rings. The van der Waals surface area contributed by atoms with E-state index in [1.54, 1.807) is 6.07 Å². The normalized spacial score (nSPS) is 10.7.